The monoisotopic (exact) mass is 422 g/mol. The van der Waals surface area contributed by atoms with Gasteiger partial charge in [-0.25, -0.2) is 9.18 Å². The van der Waals surface area contributed by atoms with Crippen LogP contribution in [0, 0.1) is 11.7 Å². The lowest BCUT2D eigenvalue weighted by Crippen LogP contribution is -2.11. The molecular weight excluding hydrogens is 387 g/mol. The molecule has 0 bridgehead atoms. The largest absolute Gasteiger partial charge is 0.419 e. The van der Waals surface area contributed by atoms with Gasteiger partial charge in [-0.2, -0.15) is 0 Å². The maximum Gasteiger partial charge on any atom is 0.344 e. The second-order valence-electron chi connectivity index (χ2n) is 9.58. The van der Waals surface area contributed by atoms with Crippen LogP contribution in [0.2, 0.25) is 0 Å². The molecule has 0 amide bonds. The number of fused-ring (bicyclic) bond motifs is 3. The number of halogens is 1. The summed E-state index contributed by atoms with van der Waals surface area (Å²) >= 11 is 0. The van der Waals surface area contributed by atoms with Crippen molar-refractivity contribution < 1.29 is 8.81 Å². The lowest BCUT2D eigenvalue weighted by atomic mass is 9.79. The van der Waals surface area contributed by atoms with E-state index in [1.54, 1.807) is 0 Å². The molecule has 0 spiro atoms. The van der Waals surface area contributed by atoms with Gasteiger partial charge in [0.2, 0.25) is 0 Å². The number of hydrogen-bond donors (Lipinski definition) is 0. The second-order valence-corrected chi connectivity index (χ2v) is 9.58. The smallest absolute Gasteiger partial charge is 0.344 e. The average molecular weight is 423 g/mol. The summed E-state index contributed by atoms with van der Waals surface area (Å²) in [6.07, 6.45) is 12.5. The van der Waals surface area contributed by atoms with Crippen molar-refractivity contribution in [3.8, 4) is 0 Å². The standard InChI is InChI=1S/C28H35FO2/c1-3-4-5-6-7-8-9-21-14-17-24-23-16-15-22(20-12-10-19(2)11-13-20)18-25(23)28(30)31-27(24)26(21)29/h14-20H,3-13H2,1-2H3. The molecule has 1 aliphatic rings. The number of benzene rings is 2. The molecular formula is C28H35FO2. The number of aryl methyl sites for hydroxylation is 1. The van der Waals surface area contributed by atoms with E-state index in [-0.39, 0.29) is 11.4 Å². The highest BCUT2D eigenvalue weighted by Crippen LogP contribution is 2.37. The van der Waals surface area contributed by atoms with Crippen molar-refractivity contribution in [3.63, 3.8) is 0 Å². The molecule has 3 aromatic rings. The maximum atomic E-state index is 15.2. The lowest BCUT2D eigenvalue weighted by Gasteiger charge is -2.26. The van der Waals surface area contributed by atoms with E-state index in [0.29, 0.717) is 28.7 Å². The summed E-state index contributed by atoms with van der Waals surface area (Å²) in [7, 11) is 0. The SMILES string of the molecule is CCCCCCCCc1ccc2c(oc(=O)c3cc(C4CCC(C)CC4)ccc32)c1F. The Morgan fingerprint density at radius 1 is 0.903 bits per heavy atom. The minimum absolute atomic E-state index is 0.111. The van der Waals surface area contributed by atoms with Gasteiger partial charge in [-0.15, -0.1) is 0 Å². The Morgan fingerprint density at radius 3 is 2.39 bits per heavy atom. The van der Waals surface area contributed by atoms with Gasteiger partial charge in [0.05, 0.1) is 5.39 Å². The van der Waals surface area contributed by atoms with E-state index in [1.165, 1.54) is 56.9 Å². The molecule has 1 aliphatic carbocycles. The van der Waals surface area contributed by atoms with Crippen molar-refractivity contribution >= 4 is 21.7 Å². The molecule has 0 saturated heterocycles. The molecule has 1 fully saturated rings. The highest BCUT2D eigenvalue weighted by atomic mass is 19.1. The van der Waals surface area contributed by atoms with E-state index in [0.717, 1.165) is 24.1 Å². The fourth-order valence-electron chi connectivity index (χ4n) is 5.16. The van der Waals surface area contributed by atoms with Crippen molar-refractivity contribution in [3.05, 3.63) is 57.7 Å². The molecule has 2 nitrogen and oxygen atoms in total. The molecule has 0 atom stereocenters. The van der Waals surface area contributed by atoms with E-state index in [2.05, 4.69) is 19.9 Å². The molecule has 166 valence electrons. The van der Waals surface area contributed by atoms with Crippen molar-refractivity contribution in [1.29, 1.82) is 0 Å². The van der Waals surface area contributed by atoms with Crippen LogP contribution in [-0.4, -0.2) is 0 Å². The summed E-state index contributed by atoms with van der Waals surface area (Å²) in [6.45, 7) is 4.52. The van der Waals surface area contributed by atoms with Crippen LogP contribution in [-0.2, 0) is 6.42 Å². The van der Waals surface area contributed by atoms with Crippen molar-refractivity contribution in [2.45, 2.75) is 90.4 Å². The lowest BCUT2D eigenvalue weighted by molar-refractivity contribution is 0.348. The number of unbranched alkanes of at least 4 members (excludes halogenated alkanes) is 5. The van der Waals surface area contributed by atoms with Crippen LogP contribution in [0.25, 0.3) is 21.7 Å². The quantitative estimate of drug-likeness (QED) is 0.208. The van der Waals surface area contributed by atoms with Crippen molar-refractivity contribution in [2.75, 3.05) is 0 Å². The van der Waals surface area contributed by atoms with Gasteiger partial charge in [0.25, 0.3) is 0 Å². The van der Waals surface area contributed by atoms with Crippen LogP contribution in [0.5, 0.6) is 0 Å². The van der Waals surface area contributed by atoms with Crippen LogP contribution in [0.3, 0.4) is 0 Å². The van der Waals surface area contributed by atoms with Crippen LogP contribution >= 0.6 is 0 Å². The first-order valence-electron chi connectivity index (χ1n) is 12.3. The molecule has 0 radical (unpaired) electrons. The van der Waals surface area contributed by atoms with Crippen LogP contribution in [0.4, 0.5) is 4.39 Å². The molecule has 31 heavy (non-hydrogen) atoms. The highest BCUT2D eigenvalue weighted by molar-refractivity contribution is 6.04. The first-order valence-corrected chi connectivity index (χ1v) is 12.3. The minimum Gasteiger partial charge on any atom is -0.419 e. The number of hydrogen-bond acceptors (Lipinski definition) is 2. The maximum absolute atomic E-state index is 15.2. The highest BCUT2D eigenvalue weighted by Gasteiger charge is 2.21. The van der Waals surface area contributed by atoms with Crippen LogP contribution < -0.4 is 5.63 Å². The Bertz CT molecular complexity index is 1090. The van der Waals surface area contributed by atoms with Crippen molar-refractivity contribution in [1.82, 2.24) is 0 Å². The minimum atomic E-state index is -0.427. The van der Waals surface area contributed by atoms with Gasteiger partial charge in [-0.05, 0) is 54.7 Å². The third-order valence-electron chi connectivity index (χ3n) is 7.21. The normalized spacial score (nSPS) is 19.3. The Balaban J connectivity index is 1.59. The first kappa shape index (κ1) is 22.0. The predicted molar refractivity (Wildman–Crippen MR) is 127 cm³/mol. The van der Waals surface area contributed by atoms with E-state index in [9.17, 15) is 4.79 Å². The molecule has 2 aromatic carbocycles. The number of rotatable bonds is 8. The Labute approximate surface area is 184 Å². The van der Waals surface area contributed by atoms with Gasteiger partial charge in [-0.1, -0.05) is 83.1 Å². The zero-order valence-corrected chi connectivity index (χ0v) is 19.0. The van der Waals surface area contributed by atoms with Crippen molar-refractivity contribution in [2.24, 2.45) is 5.92 Å². The van der Waals surface area contributed by atoms with Gasteiger partial charge in [0.15, 0.2) is 11.4 Å². The molecule has 1 aromatic heterocycles. The van der Waals surface area contributed by atoms with E-state index in [1.807, 2.05) is 24.3 Å². The fourth-order valence-corrected chi connectivity index (χ4v) is 5.16. The summed E-state index contributed by atoms with van der Waals surface area (Å²) in [4.78, 5) is 12.8. The van der Waals surface area contributed by atoms with Crippen LogP contribution in [0.15, 0.2) is 39.5 Å². The summed E-state index contributed by atoms with van der Waals surface area (Å²) in [5.41, 5.74) is 1.55. The Kier molecular flexibility index (Phi) is 7.09. The van der Waals surface area contributed by atoms with Gasteiger partial charge < -0.3 is 4.42 Å². The topological polar surface area (TPSA) is 30.2 Å². The fraction of sp³-hybridized carbons (Fsp3) is 0.536. The third kappa shape index (κ3) is 4.86. The van der Waals surface area contributed by atoms with E-state index < -0.39 is 5.63 Å². The molecule has 1 saturated carbocycles. The van der Waals surface area contributed by atoms with E-state index in [4.69, 9.17) is 4.42 Å². The van der Waals surface area contributed by atoms with Crippen LogP contribution in [0.1, 0.15) is 95.1 Å². The average Bonchev–Trinajstić information content (AvgIpc) is 2.78. The molecule has 0 N–H and O–H groups in total. The Hall–Kier alpha value is -2.16. The van der Waals surface area contributed by atoms with Gasteiger partial charge in [-0.3, -0.25) is 0 Å². The van der Waals surface area contributed by atoms with Gasteiger partial charge in [0.1, 0.15) is 0 Å². The molecule has 1 heterocycles. The summed E-state index contributed by atoms with van der Waals surface area (Å²) in [6, 6.07) is 9.92. The zero-order chi connectivity index (χ0) is 21.8. The van der Waals surface area contributed by atoms with Gasteiger partial charge in [0, 0.05) is 10.8 Å². The summed E-state index contributed by atoms with van der Waals surface area (Å²) < 4.78 is 20.7. The Morgan fingerprint density at radius 2 is 1.61 bits per heavy atom. The van der Waals surface area contributed by atoms with E-state index >= 15 is 4.39 Å². The third-order valence-corrected chi connectivity index (χ3v) is 7.21. The predicted octanol–water partition coefficient (Wildman–Crippen LogP) is 8.28. The molecule has 0 aliphatic heterocycles. The molecule has 3 heteroatoms. The second kappa shape index (κ2) is 9.97. The molecule has 4 rings (SSSR count). The zero-order valence-electron chi connectivity index (χ0n) is 19.0. The summed E-state index contributed by atoms with van der Waals surface area (Å²) in [5.74, 6) is 0.932. The summed E-state index contributed by atoms with van der Waals surface area (Å²) in [5, 5.41) is 2.07. The van der Waals surface area contributed by atoms with Gasteiger partial charge >= 0.3 is 5.63 Å². The first-order chi connectivity index (χ1) is 15.1. The molecule has 0 unspecified atom stereocenters.